The van der Waals surface area contributed by atoms with Crippen LogP contribution in [0, 0.1) is 6.92 Å². The number of aryl methyl sites for hydroxylation is 1. The highest BCUT2D eigenvalue weighted by Crippen LogP contribution is 2.38. The van der Waals surface area contributed by atoms with Gasteiger partial charge in [0.15, 0.2) is 11.5 Å². The van der Waals surface area contributed by atoms with Gasteiger partial charge in [-0.25, -0.2) is 0 Å². The third kappa shape index (κ3) is 3.71. The summed E-state index contributed by atoms with van der Waals surface area (Å²) in [5.41, 5.74) is 2.16. The van der Waals surface area contributed by atoms with Crippen LogP contribution in [0.4, 0.5) is 5.69 Å². The van der Waals surface area contributed by atoms with Crippen molar-refractivity contribution in [3.8, 4) is 17.2 Å². The Bertz CT molecular complexity index is 1400. The minimum Gasteiger partial charge on any atom is -0.493 e. The van der Waals surface area contributed by atoms with Crippen molar-refractivity contribution in [3.05, 3.63) is 68.8 Å². The molecule has 0 unspecified atom stereocenters. The van der Waals surface area contributed by atoms with Gasteiger partial charge in [-0.2, -0.15) is 0 Å². The van der Waals surface area contributed by atoms with E-state index in [1.54, 1.807) is 42.5 Å². The molecule has 0 saturated heterocycles. The van der Waals surface area contributed by atoms with Crippen molar-refractivity contribution in [2.45, 2.75) is 6.92 Å². The van der Waals surface area contributed by atoms with Crippen LogP contribution in [-0.4, -0.2) is 27.2 Å². The summed E-state index contributed by atoms with van der Waals surface area (Å²) in [4.78, 5) is 25.7. The molecule has 32 heavy (non-hydrogen) atoms. The van der Waals surface area contributed by atoms with Gasteiger partial charge in [0, 0.05) is 22.3 Å². The minimum atomic E-state index is -0.394. The number of rotatable bonds is 5. The largest absolute Gasteiger partial charge is 0.493 e. The van der Waals surface area contributed by atoms with Gasteiger partial charge in [-0.05, 0) is 48.9 Å². The van der Waals surface area contributed by atoms with E-state index in [4.69, 9.17) is 30.2 Å². The van der Waals surface area contributed by atoms with E-state index < -0.39 is 5.91 Å². The summed E-state index contributed by atoms with van der Waals surface area (Å²) < 4.78 is 21.8. The predicted molar refractivity (Wildman–Crippen MR) is 124 cm³/mol. The Labute approximate surface area is 188 Å². The van der Waals surface area contributed by atoms with Crippen molar-refractivity contribution in [1.82, 2.24) is 0 Å². The maximum Gasteiger partial charge on any atom is 0.255 e. The zero-order valence-corrected chi connectivity index (χ0v) is 18.6. The van der Waals surface area contributed by atoms with Crippen molar-refractivity contribution in [3.63, 3.8) is 0 Å². The van der Waals surface area contributed by atoms with Gasteiger partial charge in [-0.3, -0.25) is 9.59 Å². The molecule has 0 aliphatic heterocycles. The third-order valence-corrected chi connectivity index (χ3v) is 5.54. The summed E-state index contributed by atoms with van der Waals surface area (Å²) >= 11 is 6.16. The highest BCUT2D eigenvalue weighted by Gasteiger charge is 2.18. The molecule has 0 saturated carbocycles. The molecule has 4 aromatic rings. The second kappa shape index (κ2) is 8.43. The first-order valence-electron chi connectivity index (χ1n) is 9.64. The zero-order chi connectivity index (χ0) is 23.0. The molecule has 0 spiro atoms. The highest BCUT2D eigenvalue weighted by molar-refractivity contribution is 6.32. The van der Waals surface area contributed by atoms with Crippen molar-refractivity contribution in [1.29, 1.82) is 0 Å². The van der Waals surface area contributed by atoms with Crippen LogP contribution < -0.4 is 25.0 Å². The molecular weight excluding hydrogens is 434 g/mol. The lowest BCUT2D eigenvalue weighted by atomic mass is 10.1. The molecule has 1 aromatic heterocycles. The lowest BCUT2D eigenvalue weighted by Crippen LogP contribution is -2.13. The van der Waals surface area contributed by atoms with E-state index in [9.17, 15) is 9.59 Å². The van der Waals surface area contributed by atoms with Crippen LogP contribution in [0.3, 0.4) is 0 Å². The monoisotopic (exact) mass is 453 g/mol. The number of methoxy groups -OCH3 is 3. The summed E-state index contributed by atoms with van der Waals surface area (Å²) in [7, 11) is 4.44. The Balaban J connectivity index is 1.73. The number of ether oxygens (including phenoxy) is 3. The Hall–Kier alpha value is -3.71. The van der Waals surface area contributed by atoms with Gasteiger partial charge in [0.1, 0.15) is 11.2 Å². The number of halogens is 1. The van der Waals surface area contributed by atoms with E-state index in [0.29, 0.717) is 55.5 Å². The minimum absolute atomic E-state index is 0.189. The smallest absolute Gasteiger partial charge is 0.255 e. The maximum absolute atomic E-state index is 12.9. The normalized spacial score (nSPS) is 10.9. The molecule has 0 radical (unpaired) electrons. The quantitative estimate of drug-likeness (QED) is 0.419. The van der Waals surface area contributed by atoms with E-state index in [0.717, 1.165) is 5.56 Å². The summed E-state index contributed by atoms with van der Waals surface area (Å²) in [5.74, 6) is 0.722. The summed E-state index contributed by atoms with van der Waals surface area (Å²) in [6.07, 6.45) is 0. The van der Waals surface area contributed by atoms with E-state index >= 15 is 0 Å². The second-order valence-electron chi connectivity index (χ2n) is 7.11. The fourth-order valence-corrected chi connectivity index (χ4v) is 3.63. The predicted octanol–water partition coefficient (Wildman–Crippen LogP) is 5.19. The molecule has 0 fully saturated rings. The molecule has 3 aromatic carbocycles. The molecular formula is C24H20ClNO6. The highest BCUT2D eigenvalue weighted by atomic mass is 35.5. The standard InChI is InChI=1S/C24H20ClNO6/c1-12-7-18-16(11-17(12)25)22(27)15-6-5-14(10-19(15)32-18)26-24(28)13-8-20(29-2)23(31-4)21(9-13)30-3/h5-11H,1-4H3,(H,26,28). The lowest BCUT2D eigenvalue weighted by Gasteiger charge is -2.14. The first kappa shape index (κ1) is 21.5. The van der Waals surface area contributed by atoms with Crippen molar-refractivity contribution in [2.75, 3.05) is 26.6 Å². The number of hydrogen-bond donors (Lipinski definition) is 1. The van der Waals surface area contributed by atoms with E-state index in [1.807, 2.05) is 6.92 Å². The maximum atomic E-state index is 12.9. The number of benzene rings is 3. The first-order chi connectivity index (χ1) is 15.4. The Morgan fingerprint density at radius 3 is 2.19 bits per heavy atom. The van der Waals surface area contributed by atoms with Crippen LogP contribution in [0.5, 0.6) is 17.2 Å². The average molecular weight is 454 g/mol. The van der Waals surface area contributed by atoms with Gasteiger partial charge in [-0.1, -0.05) is 11.6 Å². The topological polar surface area (TPSA) is 87.0 Å². The fourth-order valence-electron chi connectivity index (χ4n) is 3.47. The number of anilines is 1. The van der Waals surface area contributed by atoms with Gasteiger partial charge < -0.3 is 23.9 Å². The van der Waals surface area contributed by atoms with Crippen LogP contribution in [0.1, 0.15) is 15.9 Å². The van der Waals surface area contributed by atoms with Crippen LogP contribution >= 0.6 is 11.6 Å². The molecule has 7 nitrogen and oxygen atoms in total. The van der Waals surface area contributed by atoms with Crippen LogP contribution in [0.2, 0.25) is 5.02 Å². The Morgan fingerprint density at radius 1 is 0.906 bits per heavy atom. The van der Waals surface area contributed by atoms with E-state index in [1.165, 1.54) is 21.3 Å². The third-order valence-electron chi connectivity index (χ3n) is 5.14. The van der Waals surface area contributed by atoms with Gasteiger partial charge in [0.2, 0.25) is 11.2 Å². The molecule has 0 aliphatic carbocycles. The van der Waals surface area contributed by atoms with Crippen molar-refractivity contribution in [2.24, 2.45) is 0 Å². The Morgan fingerprint density at radius 2 is 1.56 bits per heavy atom. The number of carbonyl (C=O) groups is 1. The van der Waals surface area contributed by atoms with Gasteiger partial charge >= 0.3 is 0 Å². The molecule has 164 valence electrons. The number of nitrogens with one attached hydrogen (secondary N) is 1. The SMILES string of the molecule is COc1cc(C(=O)Nc2ccc3c(=O)c4cc(Cl)c(C)cc4oc3c2)cc(OC)c1OC. The number of fused-ring (bicyclic) bond motifs is 2. The van der Waals surface area contributed by atoms with Crippen LogP contribution in [-0.2, 0) is 0 Å². The molecule has 1 N–H and O–H groups in total. The fraction of sp³-hybridized carbons (Fsp3) is 0.167. The lowest BCUT2D eigenvalue weighted by molar-refractivity contribution is 0.102. The van der Waals surface area contributed by atoms with Crippen LogP contribution in [0.25, 0.3) is 21.9 Å². The molecule has 4 rings (SSSR count). The van der Waals surface area contributed by atoms with Gasteiger partial charge in [0.25, 0.3) is 5.91 Å². The molecule has 8 heteroatoms. The van der Waals surface area contributed by atoms with Gasteiger partial charge in [0.05, 0.1) is 32.1 Å². The zero-order valence-electron chi connectivity index (χ0n) is 17.9. The molecule has 0 atom stereocenters. The first-order valence-corrected chi connectivity index (χ1v) is 10.0. The van der Waals surface area contributed by atoms with Gasteiger partial charge in [-0.15, -0.1) is 0 Å². The summed E-state index contributed by atoms with van der Waals surface area (Å²) in [6, 6.07) is 11.3. The van der Waals surface area contributed by atoms with E-state index in [-0.39, 0.29) is 5.43 Å². The number of amides is 1. The second-order valence-corrected chi connectivity index (χ2v) is 7.52. The van der Waals surface area contributed by atoms with E-state index in [2.05, 4.69) is 5.32 Å². The molecule has 0 bridgehead atoms. The molecule has 0 aliphatic rings. The molecule has 1 amide bonds. The van der Waals surface area contributed by atoms with Crippen molar-refractivity contribution < 1.29 is 23.4 Å². The molecule has 1 heterocycles. The average Bonchev–Trinajstić information content (AvgIpc) is 2.79. The number of hydrogen-bond acceptors (Lipinski definition) is 6. The van der Waals surface area contributed by atoms with Crippen molar-refractivity contribution >= 4 is 45.1 Å². The number of carbonyl (C=O) groups excluding carboxylic acids is 1. The summed E-state index contributed by atoms with van der Waals surface area (Å²) in [5, 5.41) is 4.10. The summed E-state index contributed by atoms with van der Waals surface area (Å²) in [6.45, 7) is 1.83. The Kier molecular flexibility index (Phi) is 5.67. The van der Waals surface area contributed by atoms with Crippen LogP contribution in [0.15, 0.2) is 51.7 Å².